The topological polar surface area (TPSA) is 75.9 Å². The zero-order chi connectivity index (χ0) is 14.5. The maximum Gasteiger partial charge on any atom is 0.147 e. The molecule has 2 heterocycles. The molecule has 6 heteroatoms. The lowest BCUT2D eigenvalue weighted by molar-refractivity contribution is 0.392. The average Bonchev–Trinajstić information content (AvgIpc) is 2.76. The molecule has 0 aromatic carbocycles. The Balaban J connectivity index is 2.09. The Kier molecular flexibility index (Phi) is 4.55. The van der Waals surface area contributed by atoms with E-state index in [0.717, 1.165) is 41.6 Å². The van der Waals surface area contributed by atoms with Crippen LogP contribution in [-0.2, 0) is 0 Å². The number of nitrogens with zero attached hydrogens (tertiary/aromatic N) is 3. The van der Waals surface area contributed by atoms with Gasteiger partial charge in [0, 0.05) is 12.1 Å². The van der Waals surface area contributed by atoms with Crippen molar-refractivity contribution in [1.29, 1.82) is 0 Å². The summed E-state index contributed by atoms with van der Waals surface area (Å²) in [5.41, 5.74) is 1.97. The molecule has 0 saturated carbocycles. The molecular formula is C14H21N5O. The lowest BCUT2D eigenvalue weighted by atomic mass is 10.1. The monoisotopic (exact) mass is 275 g/mol. The van der Waals surface area contributed by atoms with Crippen molar-refractivity contribution in [2.75, 3.05) is 17.2 Å². The molecule has 0 radical (unpaired) electrons. The summed E-state index contributed by atoms with van der Waals surface area (Å²) in [7, 11) is 0. The fourth-order valence-corrected chi connectivity index (χ4v) is 2.18. The van der Waals surface area contributed by atoms with Gasteiger partial charge in [-0.1, -0.05) is 12.1 Å². The minimum absolute atomic E-state index is 0.0666. The Morgan fingerprint density at radius 2 is 2.00 bits per heavy atom. The van der Waals surface area contributed by atoms with Gasteiger partial charge in [0.2, 0.25) is 0 Å². The minimum Gasteiger partial charge on any atom is -0.369 e. The molecule has 1 unspecified atom stereocenters. The Bertz CT molecular complexity index is 547. The third kappa shape index (κ3) is 3.26. The van der Waals surface area contributed by atoms with Crippen LogP contribution in [0.4, 0.5) is 11.6 Å². The minimum atomic E-state index is 0.0666. The summed E-state index contributed by atoms with van der Waals surface area (Å²) in [6, 6.07) is 0.0666. The van der Waals surface area contributed by atoms with Crippen molar-refractivity contribution in [2.45, 2.75) is 40.2 Å². The summed E-state index contributed by atoms with van der Waals surface area (Å²) in [5, 5.41) is 10.5. The third-order valence-electron chi connectivity index (χ3n) is 3.08. The highest BCUT2D eigenvalue weighted by atomic mass is 16.5. The molecule has 2 aromatic heterocycles. The maximum absolute atomic E-state index is 5.19. The van der Waals surface area contributed by atoms with Gasteiger partial charge in [0.15, 0.2) is 0 Å². The van der Waals surface area contributed by atoms with Crippen LogP contribution in [0.25, 0.3) is 0 Å². The number of aromatic nitrogens is 3. The molecule has 0 fully saturated rings. The summed E-state index contributed by atoms with van der Waals surface area (Å²) in [6.45, 7) is 8.91. The number of anilines is 2. The molecule has 20 heavy (non-hydrogen) atoms. The van der Waals surface area contributed by atoms with Crippen molar-refractivity contribution in [3.05, 3.63) is 29.4 Å². The van der Waals surface area contributed by atoms with Crippen molar-refractivity contribution in [3.8, 4) is 0 Å². The summed E-state index contributed by atoms with van der Waals surface area (Å²) >= 11 is 0. The van der Waals surface area contributed by atoms with Crippen molar-refractivity contribution in [1.82, 2.24) is 15.1 Å². The normalized spacial score (nSPS) is 12.2. The van der Waals surface area contributed by atoms with E-state index in [9.17, 15) is 0 Å². The Labute approximate surface area is 119 Å². The van der Waals surface area contributed by atoms with Crippen LogP contribution in [0.2, 0.25) is 0 Å². The summed E-state index contributed by atoms with van der Waals surface area (Å²) in [5.74, 6) is 2.34. The van der Waals surface area contributed by atoms with Crippen LogP contribution in [0, 0.1) is 13.8 Å². The molecule has 0 aliphatic heterocycles. The highest BCUT2D eigenvalue weighted by molar-refractivity contribution is 5.44. The quantitative estimate of drug-likeness (QED) is 0.843. The third-order valence-corrected chi connectivity index (χ3v) is 3.08. The smallest absolute Gasteiger partial charge is 0.147 e. The van der Waals surface area contributed by atoms with E-state index in [1.54, 1.807) is 12.4 Å². The highest BCUT2D eigenvalue weighted by Crippen LogP contribution is 2.24. The number of nitrogens with one attached hydrogen (secondary N) is 2. The van der Waals surface area contributed by atoms with E-state index in [4.69, 9.17) is 4.52 Å². The SMILES string of the molecule is CCCNc1cncc(NC(C)c2c(C)noc2C)n1. The molecular weight excluding hydrogens is 254 g/mol. The first-order valence-electron chi connectivity index (χ1n) is 6.87. The second-order valence-corrected chi connectivity index (χ2v) is 4.82. The van der Waals surface area contributed by atoms with Crippen LogP contribution < -0.4 is 10.6 Å². The standard InChI is InChI=1S/C14H21N5O/c1-5-6-16-12-7-15-8-13(18-12)17-9(2)14-10(3)19-20-11(14)4/h7-9H,5-6H2,1-4H3,(H2,16,17,18). The molecule has 0 aliphatic carbocycles. The first-order chi connectivity index (χ1) is 9.61. The highest BCUT2D eigenvalue weighted by Gasteiger charge is 2.16. The molecule has 2 aromatic rings. The molecule has 0 amide bonds. The molecule has 0 bridgehead atoms. The van der Waals surface area contributed by atoms with E-state index in [1.807, 2.05) is 13.8 Å². The molecule has 2 rings (SSSR count). The largest absolute Gasteiger partial charge is 0.369 e. The average molecular weight is 275 g/mol. The second kappa shape index (κ2) is 6.36. The zero-order valence-electron chi connectivity index (χ0n) is 12.4. The van der Waals surface area contributed by atoms with E-state index in [-0.39, 0.29) is 6.04 Å². The summed E-state index contributed by atoms with van der Waals surface area (Å²) < 4.78 is 5.19. The molecule has 0 spiro atoms. The van der Waals surface area contributed by atoms with E-state index in [1.165, 1.54) is 0 Å². The van der Waals surface area contributed by atoms with E-state index >= 15 is 0 Å². The van der Waals surface area contributed by atoms with E-state index < -0.39 is 0 Å². The first-order valence-corrected chi connectivity index (χ1v) is 6.87. The fourth-order valence-electron chi connectivity index (χ4n) is 2.18. The van der Waals surface area contributed by atoms with Crippen LogP contribution in [0.15, 0.2) is 16.9 Å². The van der Waals surface area contributed by atoms with Gasteiger partial charge in [-0.05, 0) is 27.2 Å². The Morgan fingerprint density at radius 1 is 1.25 bits per heavy atom. The van der Waals surface area contributed by atoms with Crippen molar-refractivity contribution in [2.24, 2.45) is 0 Å². The first kappa shape index (κ1) is 14.3. The van der Waals surface area contributed by atoms with Gasteiger partial charge in [-0.15, -0.1) is 0 Å². The number of aryl methyl sites for hydroxylation is 2. The predicted octanol–water partition coefficient (Wildman–Crippen LogP) is 3.08. The molecule has 108 valence electrons. The lowest BCUT2D eigenvalue weighted by Crippen LogP contribution is -2.11. The zero-order valence-corrected chi connectivity index (χ0v) is 12.4. The Hall–Kier alpha value is -2.11. The van der Waals surface area contributed by atoms with Gasteiger partial charge in [0.1, 0.15) is 17.4 Å². The van der Waals surface area contributed by atoms with Gasteiger partial charge < -0.3 is 15.2 Å². The van der Waals surface area contributed by atoms with Gasteiger partial charge >= 0.3 is 0 Å². The van der Waals surface area contributed by atoms with Crippen molar-refractivity contribution < 1.29 is 4.52 Å². The molecule has 6 nitrogen and oxygen atoms in total. The van der Waals surface area contributed by atoms with Gasteiger partial charge in [0.05, 0.1) is 24.1 Å². The second-order valence-electron chi connectivity index (χ2n) is 4.82. The van der Waals surface area contributed by atoms with Crippen LogP contribution in [0.1, 0.15) is 43.3 Å². The summed E-state index contributed by atoms with van der Waals surface area (Å²) in [4.78, 5) is 8.67. The van der Waals surface area contributed by atoms with Gasteiger partial charge in [-0.25, -0.2) is 4.98 Å². The van der Waals surface area contributed by atoms with Crippen LogP contribution in [0.3, 0.4) is 0 Å². The number of rotatable bonds is 6. The molecule has 0 saturated heterocycles. The number of hydrogen-bond acceptors (Lipinski definition) is 6. The summed E-state index contributed by atoms with van der Waals surface area (Å²) in [6.07, 6.45) is 4.49. The molecule has 1 atom stereocenters. The fraction of sp³-hybridized carbons (Fsp3) is 0.500. The van der Waals surface area contributed by atoms with Crippen LogP contribution >= 0.6 is 0 Å². The van der Waals surface area contributed by atoms with Gasteiger partial charge in [-0.2, -0.15) is 0 Å². The van der Waals surface area contributed by atoms with Crippen molar-refractivity contribution >= 4 is 11.6 Å². The molecule has 2 N–H and O–H groups in total. The molecule has 0 aliphatic rings. The van der Waals surface area contributed by atoms with E-state index in [0.29, 0.717) is 0 Å². The predicted molar refractivity (Wildman–Crippen MR) is 78.8 cm³/mol. The maximum atomic E-state index is 5.19. The van der Waals surface area contributed by atoms with Crippen molar-refractivity contribution in [3.63, 3.8) is 0 Å². The van der Waals surface area contributed by atoms with Gasteiger partial charge in [-0.3, -0.25) is 4.98 Å². The van der Waals surface area contributed by atoms with Crippen LogP contribution in [0.5, 0.6) is 0 Å². The van der Waals surface area contributed by atoms with Gasteiger partial charge in [0.25, 0.3) is 0 Å². The van der Waals surface area contributed by atoms with Crippen LogP contribution in [-0.4, -0.2) is 21.7 Å². The number of hydrogen-bond donors (Lipinski definition) is 2. The lowest BCUT2D eigenvalue weighted by Gasteiger charge is -2.14. The Morgan fingerprint density at radius 3 is 2.65 bits per heavy atom. The van der Waals surface area contributed by atoms with E-state index in [2.05, 4.69) is 39.6 Å².